The Hall–Kier alpha value is -1.67. The number of aromatic nitrogens is 2. The average molecular weight is 352 g/mol. The van der Waals surface area contributed by atoms with E-state index in [1.54, 1.807) is 0 Å². The van der Waals surface area contributed by atoms with Gasteiger partial charge in [-0.25, -0.2) is 4.79 Å². The van der Waals surface area contributed by atoms with Crippen molar-refractivity contribution in [2.24, 2.45) is 5.92 Å². The summed E-state index contributed by atoms with van der Waals surface area (Å²) >= 11 is 0. The molecular formula is C17H28N4O4. The molecule has 8 nitrogen and oxygen atoms in total. The minimum atomic E-state index is -0.304. The molecule has 0 spiro atoms. The molecule has 0 bridgehead atoms. The lowest BCUT2D eigenvalue weighted by Crippen LogP contribution is -2.47. The highest BCUT2D eigenvalue weighted by Gasteiger charge is 2.33. The molecule has 0 radical (unpaired) electrons. The van der Waals surface area contributed by atoms with Crippen molar-refractivity contribution < 1.29 is 18.8 Å². The maximum atomic E-state index is 12.5. The van der Waals surface area contributed by atoms with Crippen LogP contribution in [0.2, 0.25) is 0 Å². The van der Waals surface area contributed by atoms with Crippen molar-refractivity contribution in [2.75, 3.05) is 19.8 Å². The van der Waals surface area contributed by atoms with Gasteiger partial charge in [-0.05, 0) is 32.1 Å². The average Bonchev–Trinajstić information content (AvgIpc) is 3.23. The zero-order valence-corrected chi connectivity index (χ0v) is 15.2. The van der Waals surface area contributed by atoms with E-state index in [1.807, 2.05) is 20.8 Å². The Balaban J connectivity index is 1.70. The van der Waals surface area contributed by atoms with Crippen molar-refractivity contribution in [1.29, 1.82) is 0 Å². The maximum Gasteiger partial charge on any atom is 0.315 e. The highest BCUT2D eigenvalue weighted by Crippen LogP contribution is 2.30. The van der Waals surface area contributed by atoms with Crippen LogP contribution >= 0.6 is 0 Å². The number of rotatable bonds is 5. The third-order valence-corrected chi connectivity index (χ3v) is 4.96. The summed E-state index contributed by atoms with van der Waals surface area (Å²) in [6.45, 7) is 8.05. The van der Waals surface area contributed by atoms with Crippen LogP contribution in [0.5, 0.6) is 0 Å². The first-order valence-electron chi connectivity index (χ1n) is 9.14. The van der Waals surface area contributed by atoms with Crippen LogP contribution < -0.4 is 10.6 Å². The quantitative estimate of drug-likeness (QED) is 0.842. The van der Waals surface area contributed by atoms with Crippen LogP contribution in [-0.4, -0.2) is 48.1 Å². The summed E-state index contributed by atoms with van der Waals surface area (Å²) in [5, 5.41) is 10.1. The van der Waals surface area contributed by atoms with Crippen LogP contribution in [0.3, 0.4) is 0 Å². The van der Waals surface area contributed by atoms with Crippen LogP contribution in [0, 0.1) is 5.92 Å². The van der Waals surface area contributed by atoms with Crippen molar-refractivity contribution in [3.8, 4) is 0 Å². The second kappa shape index (κ2) is 8.14. The van der Waals surface area contributed by atoms with Gasteiger partial charge in [0.05, 0.1) is 12.1 Å². The van der Waals surface area contributed by atoms with Gasteiger partial charge in [-0.15, -0.1) is 0 Å². The molecule has 3 atom stereocenters. The number of amides is 2. The Kier molecular flexibility index (Phi) is 5.90. The highest BCUT2D eigenvalue weighted by molar-refractivity contribution is 5.74. The van der Waals surface area contributed by atoms with E-state index in [-0.39, 0.29) is 36.1 Å². The van der Waals surface area contributed by atoms with Crippen LogP contribution in [-0.2, 0) is 9.47 Å². The lowest BCUT2D eigenvalue weighted by atomic mass is 9.91. The fourth-order valence-electron chi connectivity index (χ4n) is 3.31. The Morgan fingerprint density at radius 3 is 2.56 bits per heavy atom. The summed E-state index contributed by atoms with van der Waals surface area (Å²) in [4.78, 5) is 17.0. The molecule has 140 valence electrons. The molecule has 0 saturated carbocycles. The standard InChI is InChI=1S/C17H28N4O4/c1-10(2)15-20-16(25-21-15)14(12-4-7-23-8-5-12)19-17(22)18-13-6-9-24-11(13)3/h10-14H,4-9H2,1-3H3,(H2,18,19,22)/t11-,13-,14-/m1/s1. The van der Waals surface area contributed by atoms with E-state index in [0.717, 1.165) is 19.3 Å². The summed E-state index contributed by atoms with van der Waals surface area (Å²) in [5.74, 6) is 1.53. The summed E-state index contributed by atoms with van der Waals surface area (Å²) in [6.07, 6.45) is 2.57. The number of hydrogen-bond acceptors (Lipinski definition) is 6. The topological polar surface area (TPSA) is 98.5 Å². The SMILES string of the molecule is CC(C)c1noc([C@H](NC(=O)N[C@@H]2CCO[C@@H]2C)C2CCOCC2)n1. The molecular weight excluding hydrogens is 324 g/mol. The van der Waals surface area contributed by atoms with Crippen molar-refractivity contribution in [1.82, 2.24) is 20.8 Å². The van der Waals surface area contributed by atoms with E-state index in [1.165, 1.54) is 0 Å². The Morgan fingerprint density at radius 1 is 1.20 bits per heavy atom. The summed E-state index contributed by atoms with van der Waals surface area (Å²) < 4.78 is 16.4. The van der Waals surface area contributed by atoms with Gasteiger partial charge in [0.25, 0.3) is 0 Å². The predicted molar refractivity (Wildman–Crippen MR) is 90.2 cm³/mol. The van der Waals surface area contributed by atoms with Gasteiger partial charge in [0.1, 0.15) is 6.04 Å². The largest absolute Gasteiger partial charge is 0.381 e. The van der Waals surface area contributed by atoms with Crippen LogP contribution in [0.25, 0.3) is 0 Å². The van der Waals surface area contributed by atoms with E-state index in [0.29, 0.717) is 31.5 Å². The summed E-state index contributed by atoms with van der Waals surface area (Å²) in [7, 11) is 0. The summed E-state index contributed by atoms with van der Waals surface area (Å²) in [5.41, 5.74) is 0. The molecule has 25 heavy (non-hydrogen) atoms. The van der Waals surface area contributed by atoms with Gasteiger partial charge in [-0.3, -0.25) is 0 Å². The van der Waals surface area contributed by atoms with Gasteiger partial charge in [-0.1, -0.05) is 19.0 Å². The van der Waals surface area contributed by atoms with E-state index < -0.39 is 0 Å². The zero-order chi connectivity index (χ0) is 17.8. The molecule has 8 heteroatoms. The van der Waals surface area contributed by atoms with Crippen LogP contribution in [0.4, 0.5) is 4.79 Å². The first-order chi connectivity index (χ1) is 12.0. The first kappa shape index (κ1) is 18.1. The number of nitrogens with zero attached hydrogens (tertiary/aromatic N) is 2. The molecule has 0 aliphatic carbocycles. The normalized spacial score (nSPS) is 25.9. The maximum absolute atomic E-state index is 12.5. The van der Waals surface area contributed by atoms with Crippen molar-refractivity contribution in [3.63, 3.8) is 0 Å². The minimum Gasteiger partial charge on any atom is -0.381 e. The predicted octanol–water partition coefficient (Wildman–Crippen LogP) is 2.14. The van der Waals surface area contributed by atoms with E-state index in [4.69, 9.17) is 14.0 Å². The van der Waals surface area contributed by atoms with E-state index >= 15 is 0 Å². The van der Waals surface area contributed by atoms with Gasteiger partial charge in [-0.2, -0.15) is 4.98 Å². The first-order valence-corrected chi connectivity index (χ1v) is 9.14. The summed E-state index contributed by atoms with van der Waals surface area (Å²) in [6, 6.07) is -0.492. The number of nitrogens with one attached hydrogen (secondary N) is 2. The molecule has 0 unspecified atom stereocenters. The highest BCUT2D eigenvalue weighted by atomic mass is 16.5. The molecule has 2 fully saturated rings. The lowest BCUT2D eigenvalue weighted by Gasteiger charge is -2.29. The van der Waals surface area contributed by atoms with E-state index in [2.05, 4.69) is 20.8 Å². The minimum absolute atomic E-state index is 0.0308. The van der Waals surface area contributed by atoms with Gasteiger partial charge in [0.15, 0.2) is 5.82 Å². The third-order valence-electron chi connectivity index (χ3n) is 4.96. The number of hydrogen-bond donors (Lipinski definition) is 2. The third kappa shape index (κ3) is 4.49. The molecule has 2 amide bonds. The van der Waals surface area contributed by atoms with Gasteiger partial charge < -0.3 is 24.6 Å². The zero-order valence-electron chi connectivity index (χ0n) is 15.2. The molecule has 2 N–H and O–H groups in total. The van der Waals surface area contributed by atoms with Crippen molar-refractivity contribution >= 4 is 6.03 Å². The Labute approximate surface area is 148 Å². The lowest BCUT2D eigenvalue weighted by molar-refractivity contribution is 0.0501. The Morgan fingerprint density at radius 2 is 1.96 bits per heavy atom. The molecule has 1 aromatic heterocycles. The smallest absolute Gasteiger partial charge is 0.315 e. The fourth-order valence-corrected chi connectivity index (χ4v) is 3.31. The number of urea groups is 1. The second-order valence-corrected chi connectivity index (χ2v) is 7.16. The fraction of sp³-hybridized carbons (Fsp3) is 0.824. The molecule has 2 aliphatic rings. The van der Waals surface area contributed by atoms with Gasteiger partial charge in [0, 0.05) is 25.7 Å². The number of ether oxygens (including phenoxy) is 2. The molecule has 2 aliphatic heterocycles. The molecule has 2 saturated heterocycles. The van der Waals surface area contributed by atoms with Gasteiger partial charge in [0.2, 0.25) is 5.89 Å². The van der Waals surface area contributed by atoms with E-state index in [9.17, 15) is 4.79 Å². The number of carbonyl (C=O) groups is 1. The van der Waals surface area contributed by atoms with Crippen molar-refractivity contribution in [2.45, 2.75) is 64.1 Å². The molecule has 3 rings (SSSR count). The van der Waals surface area contributed by atoms with Crippen LogP contribution in [0.15, 0.2) is 4.52 Å². The van der Waals surface area contributed by atoms with Crippen LogP contribution in [0.1, 0.15) is 63.7 Å². The molecule has 3 heterocycles. The monoisotopic (exact) mass is 352 g/mol. The molecule has 0 aromatic carbocycles. The Bertz CT molecular complexity index is 571. The van der Waals surface area contributed by atoms with Gasteiger partial charge >= 0.3 is 6.03 Å². The van der Waals surface area contributed by atoms with Crippen molar-refractivity contribution in [3.05, 3.63) is 11.7 Å². The molecule has 1 aromatic rings. The second-order valence-electron chi connectivity index (χ2n) is 7.16. The number of carbonyl (C=O) groups excluding carboxylic acids is 1.